The number of carbonyl (C=O) groups excluding carboxylic acids is 2. The number of amides is 2. The first-order valence-corrected chi connectivity index (χ1v) is 8.55. The van der Waals surface area contributed by atoms with E-state index >= 15 is 0 Å². The Morgan fingerprint density at radius 3 is 2.65 bits per heavy atom. The lowest BCUT2D eigenvalue weighted by Gasteiger charge is -2.34. The highest BCUT2D eigenvalue weighted by Gasteiger charge is 2.33. The van der Waals surface area contributed by atoms with Crippen molar-refractivity contribution in [2.24, 2.45) is 0 Å². The Hall–Kier alpha value is -3.02. The molecule has 0 unspecified atom stereocenters. The summed E-state index contributed by atoms with van der Waals surface area (Å²) in [6, 6.07) is 14.9. The maximum absolute atomic E-state index is 12.7. The van der Waals surface area contributed by atoms with E-state index in [1.807, 2.05) is 49.4 Å². The molecule has 1 N–H and O–H groups in total. The van der Waals surface area contributed by atoms with Crippen molar-refractivity contribution in [2.75, 3.05) is 25.1 Å². The third-order valence-electron chi connectivity index (χ3n) is 4.22. The quantitative estimate of drug-likeness (QED) is 0.895. The van der Waals surface area contributed by atoms with Gasteiger partial charge in [0.05, 0.1) is 25.3 Å². The maximum atomic E-state index is 12.7. The van der Waals surface area contributed by atoms with Gasteiger partial charge in [0.2, 0.25) is 5.91 Å². The normalized spacial score (nSPS) is 15.6. The van der Waals surface area contributed by atoms with Gasteiger partial charge in [-0.15, -0.1) is 0 Å². The van der Waals surface area contributed by atoms with Gasteiger partial charge in [0.25, 0.3) is 5.91 Å². The predicted molar refractivity (Wildman–Crippen MR) is 98.6 cm³/mol. The number of fused-ring (bicyclic) bond motifs is 1. The van der Waals surface area contributed by atoms with E-state index in [0.717, 1.165) is 11.3 Å². The van der Waals surface area contributed by atoms with Crippen LogP contribution in [-0.4, -0.2) is 38.1 Å². The molecule has 0 saturated carbocycles. The predicted octanol–water partition coefficient (Wildman–Crippen LogP) is 2.30. The second kappa shape index (κ2) is 7.91. The molecule has 0 aromatic heterocycles. The lowest BCUT2D eigenvalue weighted by molar-refractivity contribution is -0.128. The Morgan fingerprint density at radius 2 is 1.92 bits per heavy atom. The molecule has 0 fully saturated rings. The van der Waals surface area contributed by atoms with E-state index < -0.39 is 6.10 Å². The number of para-hydroxylation sites is 2. The molecule has 2 aromatic carbocycles. The molecule has 0 saturated heterocycles. The minimum atomic E-state index is -0.725. The molecule has 0 radical (unpaired) electrons. The molecule has 0 bridgehead atoms. The van der Waals surface area contributed by atoms with Crippen molar-refractivity contribution >= 4 is 17.5 Å². The zero-order chi connectivity index (χ0) is 18.5. The third kappa shape index (κ3) is 3.96. The minimum Gasteiger partial charge on any atom is -0.493 e. The van der Waals surface area contributed by atoms with E-state index in [2.05, 4.69) is 5.32 Å². The molecule has 0 spiro atoms. The Morgan fingerprint density at radius 1 is 1.19 bits per heavy atom. The second-order valence-electron chi connectivity index (χ2n) is 6.10. The van der Waals surface area contributed by atoms with E-state index in [-0.39, 0.29) is 31.4 Å². The van der Waals surface area contributed by atoms with E-state index in [1.54, 1.807) is 18.0 Å². The third-order valence-corrected chi connectivity index (χ3v) is 4.22. The lowest BCUT2D eigenvalue weighted by Crippen LogP contribution is -2.50. The van der Waals surface area contributed by atoms with Crippen LogP contribution in [0.1, 0.15) is 12.0 Å². The van der Waals surface area contributed by atoms with E-state index in [0.29, 0.717) is 11.4 Å². The SMILES string of the molecule is CNC(=O)[C@H]1CN(C(=O)CCOc2ccc(C)cc2)c2ccccc2O1. The molecule has 6 nitrogen and oxygen atoms in total. The van der Waals surface area contributed by atoms with Crippen LogP contribution in [0.25, 0.3) is 0 Å². The van der Waals surface area contributed by atoms with Gasteiger partial charge in [0.1, 0.15) is 11.5 Å². The molecule has 2 amide bonds. The molecule has 1 aliphatic heterocycles. The summed E-state index contributed by atoms with van der Waals surface area (Å²) in [5.41, 5.74) is 1.83. The van der Waals surface area contributed by atoms with Crippen molar-refractivity contribution in [2.45, 2.75) is 19.4 Å². The molecule has 0 aliphatic carbocycles. The zero-order valence-electron chi connectivity index (χ0n) is 14.9. The Labute approximate surface area is 152 Å². The average Bonchev–Trinajstić information content (AvgIpc) is 2.67. The van der Waals surface area contributed by atoms with Crippen molar-refractivity contribution in [1.82, 2.24) is 5.32 Å². The molecule has 136 valence electrons. The van der Waals surface area contributed by atoms with Gasteiger partial charge < -0.3 is 19.7 Å². The number of carbonyl (C=O) groups is 2. The topological polar surface area (TPSA) is 67.9 Å². The van der Waals surface area contributed by atoms with Crippen LogP contribution in [0.15, 0.2) is 48.5 Å². The number of aryl methyl sites for hydroxylation is 1. The van der Waals surface area contributed by atoms with Crippen LogP contribution in [-0.2, 0) is 9.59 Å². The first-order chi connectivity index (χ1) is 12.6. The maximum Gasteiger partial charge on any atom is 0.262 e. The molecular weight excluding hydrogens is 332 g/mol. The molecule has 1 heterocycles. The summed E-state index contributed by atoms with van der Waals surface area (Å²) in [6.45, 7) is 2.46. The summed E-state index contributed by atoms with van der Waals surface area (Å²) < 4.78 is 11.4. The first kappa shape index (κ1) is 17.8. The van der Waals surface area contributed by atoms with Crippen LogP contribution in [0.4, 0.5) is 5.69 Å². The fourth-order valence-electron chi connectivity index (χ4n) is 2.79. The summed E-state index contributed by atoms with van der Waals surface area (Å²) >= 11 is 0. The second-order valence-corrected chi connectivity index (χ2v) is 6.10. The number of hydrogen-bond donors (Lipinski definition) is 1. The van der Waals surface area contributed by atoms with E-state index in [4.69, 9.17) is 9.47 Å². The monoisotopic (exact) mass is 354 g/mol. The van der Waals surface area contributed by atoms with E-state index in [9.17, 15) is 9.59 Å². The number of anilines is 1. The molecule has 1 aliphatic rings. The fourth-order valence-corrected chi connectivity index (χ4v) is 2.79. The van der Waals surface area contributed by atoms with Crippen LogP contribution < -0.4 is 19.7 Å². The smallest absolute Gasteiger partial charge is 0.262 e. The molecular formula is C20H22N2O4. The summed E-state index contributed by atoms with van der Waals surface area (Å²) in [5.74, 6) is 0.893. The van der Waals surface area contributed by atoms with Gasteiger partial charge in [0, 0.05) is 7.05 Å². The Kier molecular flexibility index (Phi) is 5.41. The van der Waals surface area contributed by atoms with Gasteiger partial charge in [-0.2, -0.15) is 0 Å². The van der Waals surface area contributed by atoms with Gasteiger partial charge in [0.15, 0.2) is 6.10 Å². The van der Waals surface area contributed by atoms with Gasteiger partial charge in [-0.1, -0.05) is 29.8 Å². The molecule has 1 atom stereocenters. The minimum absolute atomic E-state index is 0.109. The van der Waals surface area contributed by atoms with Crippen molar-refractivity contribution in [3.63, 3.8) is 0 Å². The van der Waals surface area contributed by atoms with Crippen molar-refractivity contribution < 1.29 is 19.1 Å². The number of nitrogens with one attached hydrogen (secondary N) is 1. The number of likely N-dealkylation sites (N-methyl/N-ethyl adjacent to an activating group) is 1. The summed E-state index contributed by atoms with van der Waals surface area (Å²) in [6.07, 6.45) is -0.514. The average molecular weight is 354 g/mol. The summed E-state index contributed by atoms with van der Waals surface area (Å²) in [4.78, 5) is 26.3. The van der Waals surface area contributed by atoms with Crippen LogP contribution in [0.2, 0.25) is 0 Å². The first-order valence-electron chi connectivity index (χ1n) is 8.55. The molecule has 6 heteroatoms. The van der Waals surface area contributed by atoms with Gasteiger partial charge in [-0.3, -0.25) is 9.59 Å². The molecule has 26 heavy (non-hydrogen) atoms. The Balaban J connectivity index is 1.66. The van der Waals surface area contributed by atoms with Gasteiger partial charge in [-0.25, -0.2) is 0 Å². The molecule has 3 rings (SSSR count). The number of benzene rings is 2. The zero-order valence-corrected chi connectivity index (χ0v) is 14.9. The van der Waals surface area contributed by atoms with Crippen LogP contribution >= 0.6 is 0 Å². The van der Waals surface area contributed by atoms with Gasteiger partial charge >= 0.3 is 0 Å². The highest BCUT2D eigenvalue weighted by Crippen LogP contribution is 2.33. The van der Waals surface area contributed by atoms with Crippen LogP contribution in [0, 0.1) is 6.92 Å². The number of nitrogens with zero attached hydrogens (tertiary/aromatic N) is 1. The van der Waals surface area contributed by atoms with E-state index in [1.165, 1.54) is 0 Å². The largest absolute Gasteiger partial charge is 0.493 e. The highest BCUT2D eigenvalue weighted by atomic mass is 16.5. The number of ether oxygens (including phenoxy) is 2. The van der Waals surface area contributed by atoms with Crippen LogP contribution in [0.3, 0.4) is 0 Å². The summed E-state index contributed by atoms with van der Waals surface area (Å²) in [5, 5.41) is 2.57. The number of hydrogen-bond acceptors (Lipinski definition) is 4. The molecule has 2 aromatic rings. The van der Waals surface area contributed by atoms with Crippen molar-refractivity contribution in [3.8, 4) is 11.5 Å². The lowest BCUT2D eigenvalue weighted by atomic mass is 10.1. The van der Waals surface area contributed by atoms with Crippen LogP contribution in [0.5, 0.6) is 11.5 Å². The van der Waals surface area contributed by atoms with Gasteiger partial charge in [-0.05, 0) is 31.2 Å². The Bertz CT molecular complexity index is 789. The highest BCUT2D eigenvalue weighted by molar-refractivity contribution is 5.97. The van der Waals surface area contributed by atoms with Crippen molar-refractivity contribution in [3.05, 3.63) is 54.1 Å². The van der Waals surface area contributed by atoms with Crippen molar-refractivity contribution in [1.29, 1.82) is 0 Å². The standard InChI is InChI=1S/C20H22N2O4/c1-14-7-9-15(10-8-14)25-12-11-19(23)22-13-18(20(24)21-2)26-17-6-4-3-5-16(17)22/h3-10,18H,11-13H2,1-2H3,(H,21,24)/t18-/m1/s1. The fraction of sp³-hybridized carbons (Fsp3) is 0.300. The summed E-state index contributed by atoms with van der Waals surface area (Å²) in [7, 11) is 1.55. The number of rotatable bonds is 5.